The van der Waals surface area contributed by atoms with E-state index in [0.717, 1.165) is 59.0 Å². The minimum Gasteiger partial charge on any atom is -0.503 e. The number of hydrogen-bond donors (Lipinski definition) is 3. The summed E-state index contributed by atoms with van der Waals surface area (Å²) in [5.41, 5.74) is 4.23. The Morgan fingerprint density at radius 3 is 2.30 bits per heavy atom. The van der Waals surface area contributed by atoms with Gasteiger partial charge in [0.1, 0.15) is 5.75 Å². The number of phenolic OH excluding ortho intramolecular Hbond substituents is 1. The lowest BCUT2D eigenvalue weighted by Crippen LogP contribution is -2.27. The second-order valence-corrected chi connectivity index (χ2v) is 16.7. The van der Waals surface area contributed by atoms with Gasteiger partial charge >= 0.3 is 0 Å². The van der Waals surface area contributed by atoms with Crippen LogP contribution in [0.3, 0.4) is 0 Å². The fourth-order valence-electron chi connectivity index (χ4n) is 6.19. The third-order valence-electron chi connectivity index (χ3n) is 9.04. The Labute approximate surface area is 338 Å². The third-order valence-corrected chi connectivity index (χ3v) is 11.8. The second kappa shape index (κ2) is 19.1. The van der Waals surface area contributed by atoms with Gasteiger partial charge in [-0.25, -0.2) is 13.1 Å². The Hall–Kier alpha value is -3.88. The van der Waals surface area contributed by atoms with Gasteiger partial charge in [-0.2, -0.15) is 0 Å². The number of ether oxygens (including phenoxy) is 2. The number of aromatic hydroxyl groups is 1. The van der Waals surface area contributed by atoms with Crippen LogP contribution in [0.1, 0.15) is 65.6 Å². The van der Waals surface area contributed by atoms with E-state index in [9.17, 15) is 23.1 Å². The summed E-state index contributed by atoms with van der Waals surface area (Å²) in [4.78, 5) is 28.2. The zero-order valence-electron chi connectivity index (χ0n) is 30.0. The molecule has 0 saturated carbocycles. The molecule has 1 aliphatic heterocycles. The maximum atomic E-state index is 13.6. The summed E-state index contributed by atoms with van der Waals surface area (Å²) in [6.07, 6.45) is 7.63. The number of sulfonamides is 1. The first-order valence-corrected chi connectivity index (χ1v) is 21.0. The van der Waals surface area contributed by atoms with Crippen molar-refractivity contribution in [1.82, 2.24) is 10.0 Å². The van der Waals surface area contributed by atoms with Gasteiger partial charge in [0.25, 0.3) is 11.8 Å². The normalized spacial score (nSPS) is 13.3. The number of nitrogens with one attached hydrogen (secondary N) is 2. The highest BCUT2D eigenvalue weighted by molar-refractivity contribution is 9.10. The molecule has 5 rings (SSSR count). The molecule has 1 aliphatic rings. The molecule has 0 saturated heterocycles. The fourth-order valence-corrected chi connectivity index (χ4v) is 8.26. The van der Waals surface area contributed by atoms with E-state index in [1.165, 1.54) is 14.2 Å². The maximum absolute atomic E-state index is 13.6. The predicted octanol–water partition coefficient (Wildman–Crippen LogP) is 8.77. The third kappa shape index (κ3) is 10.4. The van der Waals surface area contributed by atoms with Gasteiger partial charge in [0.2, 0.25) is 10.0 Å². The number of unbranched alkanes of at least 4 members (excludes halogenated alkanes) is 5. The van der Waals surface area contributed by atoms with Crippen LogP contribution in [-0.2, 0) is 21.2 Å². The molecule has 10 nitrogen and oxygen atoms in total. The van der Waals surface area contributed by atoms with Crippen LogP contribution in [0, 0.1) is 0 Å². The van der Waals surface area contributed by atoms with Crippen molar-refractivity contribution in [3.05, 3.63) is 109 Å². The minimum atomic E-state index is -3.65. The highest BCUT2D eigenvalue weighted by Crippen LogP contribution is 2.41. The molecule has 2 amide bonds. The summed E-state index contributed by atoms with van der Waals surface area (Å²) in [5, 5.41) is 13.5. The summed E-state index contributed by atoms with van der Waals surface area (Å²) in [5.74, 6) is 0.362. The number of nitrogens with zero attached hydrogens (tertiary/aromatic N) is 1. The molecule has 3 N–H and O–H groups in total. The molecule has 0 atom stereocenters. The van der Waals surface area contributed by atoms with Crippen LogP contribution < -0.4 is 24.4 Å². The molecule has 4 aromatic carbocycles. The summed E-state index contributed by atoms with van der Waals surface area (Å²) in [6, 6.07) is 20.7. The second-order valence-electron chi connectivity index (χ2n) is 12.7. The Kier molecular flexibility index (Phi) is 14.6. The van der Waals surface area contributed by atoms with Crippen LogP contribution in [0.15, 0.2) is 86.6 Å². The molecular formula is C40H42Br2ClN3O7S. The van der Waals surface area contributed by atoms with Crippen LogP contribution >= 0.6 is 43.5 Å². The van der Waals surface area contributed by atoms with Crippen molar-refractivity contribution >= 4 is 82.6 Å². The summed E-state index contributed by atoms with van der Waals surface area (Å²) in [7, 11) is -0.678. The molecule has 4 aromatic rings. The Balaban J connectivity index is 1.01. The van der Waals surface area contributed by atoms with E-state index in [1.54, 1.807) is 54.6 Å². The quantitative estimate of drug-likeness (QED) is 0.0672. The summed E-state index contributed by atoms with van der Waals surface area (Å²) < 4.78 is 40.3. The molecule has 1 heterocycles. The topological polar surface area (TPSA) is 134 Å². The van der Waals surface area contributed by atoms with E-state index < -0.39 is 10.0 Å². The summed E-state index contributed by atoms with van der Waals surface area (Å²) in [6.45, 7) is 1.28. The smallest absolute Gasteiger partial charge is 0.258 e. The number of carbonyl (C=O) groups is 2. The maximum Gasteiger partial charge on any atom is 0.258 e. The van der Waals surface area contributed by atoms with Crippen LogP contribution in [-0.4, -0.2) is 59.2 Å². The lowest BCUT2D eigenvalue weighted by molar-refractivity contribution is -0.113. The standard InChI is InChI=1S/C40H42Br2ClN3O7S/c1-52-36-16-12-29(43)25-33(36)39(48)44-19-17-26-9-13-30(14-10-26)54(50,51)45-18-7-5-3-4-6-8-20-46-35-15-11-28(41)24-31(35)32(40(46)49)21-27-22-34(42)38(47)37(23-27)53-2/h9-16,21-25,45,47H,3-8,17-20H2,1-2H3,(H,44,48)/b32-21+. The first-order valence-electron chi connectivity index (χ1n) is 17.5. The van der Waals surface area contributed by atoms with E-state index >= 15 is 0 Å². The predicted molar refractivity (Wildman–Crippen MR) is 220 cm³/mol. The molecule has 286 valence electrons. The van der Waals surface area contributed by atoms with Crippen LogP contribution in [0.2, 0.25) is 5.02 Å². The van der Waals surface area contributed by atoms with Crippen molar-refractivity contribution in [3.63, 3.8) is 0 Å². The lowest BCUT2D eigenvalue weighted by Gasteiger charge is -2.17. The number of phenols is 1. The van der Waals surface area contributed by atoms with Gasteiger partial charge in [-0.05, 0) is 113 Å². The molecule has 0 radical (unpaired) electrons. The van der Waals surface area contributed by atoms with Crippen LogP contribution in [0.4, 0.5) is 5.69 Å². The number of methoxy groups -OCH3 is 2. The monoisotopic (exact) mass is 901 g/mol. The highest BCUT2D eigenvalue weighted by atomic mass is 79.9. The Morgan fingerprint density at radius 2 is 1.57 bits per heavy atom. The number of hydrogen-bond acceptors (Lipinski definition) is 7. The molecule has 0 unspecified atom stereocenters. The number of carbonyl (C=O) groups excluding carboxylic acids is 2. The van der Waals surface area contributed by atoms with Gasteiger partial charge in [-0.15, -0.1) is 0 Å². The average molecular weight is 904 g/mol. The lowest BCUT2D eigenvalue weighted by atomic mass is 10.0. The Morgan fingerprint density at radius 1 is 0.870 bits per heavy atom. The van der Waals surface area contributed by atoms with Crippen molar-refractivity contribution in [2.24, 2.45) is 0 Å². The minimum absolute atomic E-state index is 0.000676. The van der Waals surface area contributed by atoms with Gasteiger partial charge in [-0.3, -0.25) is 9.59 Å². The number of benzene rings is 4. The number of amides is 2. The van der Waals surface area contributed by atoms with Crippen molar-refractivity contribution in [3.8, 4) is 17.2 Å². The van der Waals surface area contributed by atoms with Gasteiger partial charge in [0.15, 0.2) is 11.5 Å². The molecule has 54 heavy (non-hydrogen) atoms. The van der Waals surface area contributed by atoms with Gasteiger partial charge in [0.05, 0.1) is 34.8 Å². The van der Waals surface area contributed by atoms with E-state index in [2.05, 4.69) is 41.9 Å². The zero-order chi connectivity index (χ0) is 38.8. The molecule has 0 fully saturated rings. The number of fused-ring (bicyclic) bond motifs is 1. The van der Waals surface area contributed by atoms with E-state index in [4.69, 9.17) is 21.1 Å². The van der Waals surface area contributed by atoms with E-state index in [1.807, 2.05) is 29.2 Å². The van der Waals surface area contributed by atoms with Crippen molar-refractivity contribution < 1.29 is 32.6 Å². The first-order chi connectivity index (χ1) is 25.9. The van der Waals surface area contributed by atoms with Gasteiger partial charge < -0.3 is 24.8 Å². The summed E-state index contributed by atoms with van der Waals surface area (Å²) >= 11 is 12.9. The van der Waals surface area contributed by atoms with Crippen LogP contribution in [0.25, 0.3) is 11.6 Å². The average Bonchev–Trinajstić information content (AvgIpc) is 3.40. The van der Waals surface area contributed by atoms with Gasteiger partial charge in [-0.1, -0.05) is 65.3 Å². The number of anilines is 1. The molecule has 0 aliphatic carbocycles. The Bertz CT molecular complexity index is 2130. The van der Waals surface area contributed by atoms with Crippen LogP contribution in [0.5, 0.6) is 17.2 Å². The van der Waals surface area contributed by atoms with Crippen molar-refractivity contribution in [2.75, 3.05) is 38.8 Å². The largest absolute Gasteiger partial charge is 0.503 e. The van der Waals surface area contributed by atoms with E-state index in [0.29, 0.717) is 64.6 Å². The SMILES string of the molecule is COc1ccc(Cl)cc1C(=O)NCCc1ccc(S(=O)(=O)NCCCCCCCCN2C(=O)/C(=C/c3cc(Br)c(O)c(OC)c3)c3cc(Br)ccc32)cc1. The molecule has 0 aromatic heterocycles. The zero-order valence-corrected chi connectivity index (χ0v) is 34.7. The number of rotatable bonds is 18. The van der Waals surface area contributed by atoms with Crippen molar-refractivity contribution in [1.29, 1.82) is 0 Å². The fraction of sp³-hybridized carbons (Fsp3) is 0.300. The van der Waals surface area contributed by atoms with Crippen molar-refractivity contribution in [2.45, 2.75) is 49.8 Å². The highest BCUT2D eigenvalue weighted by Gasteiger charge is 2.32. The molecule has 0 spiro atoms. The molecule has 0 bridgehead atoms. The first kappa shape index (κ1) is 41.3. The van der Waals surface area contributed by atoms with E-state index in [-0.39, 0.29) is 22.5 Å². The molecular weight excluding hydrogens is 862 g/mol. The number of halogens is 3. The van der Waals surface area contributed by atoms with Gasteiger partial charge in [0, 0.05) is 40.3 Å². The molecule has 14 heteroatoms.